The van der Waals surface area contributed by atoms with E-state index in [4.69, 9.17) is 38.6 Å². The van der Waals surface area contributed by atoms with Gasteiger partial charge in [0.05, 0.1) is 59.3 Å². The SMILES string of the molecule is C=CC[N+](CCCCCCCC/C=C/CCCCCCCC)(CC[N+](CC=C)(CC(C)OCCOCC)CC(C)OCCOCC(=O)O)CC(C)OCCOCC(=O)O. The Kier molecular flexibility index (Phi) is 37.3. The van der Waals surface area contributed by atoms with Gasteiger partial charge >= 0.3 is 11.9 Å². The minimum Gasteiger partial charge on any atom is -0.480 e. The van der Waals surface area contributed by atoms with Crippen LogP contribution in [0.15, 0.2) is 37.5 Å². The first kappa shape index (κ1) is 56.8. The molecule has 2 N–H and O–H groups in total. The van der Waals surface area contributed by atoms with Crippen LogP contribution >= 0.6 is 0 Å². The first-order chi connectivity index (χ1) is 28.5. The molecule has 0 amide bonds. The zero-order chi connectivity index (χ0) is 43.9. The minimum atomic E-state index is -0.998. The maximum Gasteiger partial charge on any atom is 0.329 e. The maximum absolute atomic E-state index is 10.9. The first-order valence-electron chi connectivity index (χ1n) is 23.1. The van der Waals surface area contributed by atoms with Gasteiger partial charge in [-0.3, -0.25) is 0 Å². The number of hydrogen-bond donors (Lipinski definition) is 2. The van der Waals surface area contributed by atoms with Crippen LogP contribution in [0.25, 0.3) is 0 Å². The molecule has 0 aliphatic rings. The quantitative estimate of drug-likeness (QED) is 0.0350. The fraction of sp³-hybridized carbons (Fsp3) is 0.830. The van der Waals surface area contributed by atoms with Crippen molar-refractivity contribution in [1.29, 1.82) is 0 Å². The Bertz CT molecular complexity index is 1060. The van der Waals surface area contributed by atoms with Crippen molar-refractivity contribution < 1.29 is 57.2 Å². The van der Waals surface area contributed by atoms with Crippen LogP contribution in [0.3, 0.4) is 0 Å². The zero-order valence-electron chi connectivity index (χ0n) is 38.4. The van der Waals surface area contributed by atoms with E-state index in [1.54, 1.807) is 0 Å². The molecular formula is C47H90N2O10+2. The van der Waals surface area contributed by atoms with Gasteiger partial charge in [-0.05, 0) is 78.4 Å². The number of hydrogen-bond acceptors (Lipinski definition) is 8. The molecule has 59 heavy (non-hydrogen) atoms. The highest BCUT2D eigenvalue weighted by molar-refractivity contribution is 5.68. The summed E-state index contributed by atoms with van der Waals surface area (Å²) >= 11 is 0. The molecule has 0 aromatic carbocycles. The summed E-state index contributed by atoms with van der Waals surface area (Å²) in [4.78, 5) is 21.8. The number of nitrogens with zero attached hydrogens (tertiary/aromatic N) is 2. The third kappa shape index (κ3) is 34.2. The number of quaternary nitrogens is 2. The molecule has 0 rings (SSSR count). The molecule has 0 aromatic rings. The summed E-state index contributed by atoms with van der Waals surface area (Å²) in [5.41, 5.74) is 0. The Morgan fingerprint density at radius 1 is 0.525 bits per heavy atom. The summed E-state index contributed by atoms with van der Waals surface area (Å²) in [6.07, 6.45) is 26.3. The van der Waals surface area contributed by atoms with Gasteiger partial charge in [-0.15, -0.1) is 0 Å². The predicted molar refractivity (Wildman–Crippen MR) is 239 cm³/mol. The number of rotatable bonds is 46. The van der Waals surface area contributed by atoms with E-state index < -0.39 is 11.9 Å². The Hall–Kier alpha value is -2.16. The van der Waals surface area contributed by atoms with Crippen LogP contribution in [0, 0.1) is 0 Å². The third-order valence-corrected chi connectivity index (χ3v) is 10.7. The summed E-state index contributed by atoms with van der Waals surface area (Å²) in [6, 6.07) is 0. The van der Waals surface area contributed by atoms with Gasteiger partial charge in [0.25, 0.3) is 0 Å². The third-order valence-electron chi connectivity index (χ3n) is 10.7. The van der Waals surface area contributed by atoms with Gasteiger partial charge in [0.15, 0.2) is 0 Å². The monoisotopic (exact) mass is 843 g/mol. The number of unbranched alkanes of at least 4 members (excludes halogenated alkanes) is 12. The zero-order valence-corrected chi connectivity index (χ0v) is 38.4. The van der Waals surface area contributed by atoms with Gasteiger partial charge in [-0.2, -0.15) is 0 Å². The van der Waals surface area contributed by atoms with Crippen molar-refractivity contribution in [1.82, 2.24) is 0 Å². The molecule has 0 bridgehead atoms. The Balaban J connectivity index is 5.78. The maximum atomic E-state index is 10.9. The molecule has 12 heteroatoms. The highest BCUT2D eigenvalue weighted by Crippen LogP contribution is 2.21. The van der Waals surface area contributed by atoms with Crippen LogP contribution in [-0.4, -0.2) is 161 Å². The molecule has 0 heterocycles. The lowest BCUT2D eigenvalue weighted by atomic mass is 10.1. The topological polar surface area (TPSA) is 130 Å². The molecule has 0 spiro atoms. The van der Waals surface area contributed by atoms with Gasteiger partial charge in [0.1, 0.15) is 64.2 Å². The molecule has 0 saturated heterocycles. The van der Waals surface area contributed by atoms with Gasteiger partial charge < -0.3 is 47.6 Å². The van der Waals surface area contributed by atoms with Crippen LogP contribution in [0.1, 0.15) is 125 Å². The molecule has 5 unspecified atom stereocenters. The summed E-state index contributed by atoms with van der Waals surface area (Å²) in [6.45, 7) is 27.6. The van der Waals surface area contributed by atoms with Crippen LogP contribution < -0.4 is 0 Å². The molecule has 0 aliphatic heterocycles. The smallest absolute Gasteiger partial charge is 0.329 e. The fourth-order valence-corrected chi connectivity index (χ4v) is 7.90. The summed E-state index contributed by atoms with van der Waals surface area (Å²) < 4.78 is 36.2. The van der Waals surface area contributed by atoms with Crippen molar-refractivity contribution >= 4 is 11.9 Å². The van der Waals surface area contributed by atoms with Crippen LogP contribution in [0.2, 0.25) is 0 Å². The minimum absolute atomic E-state index is 0.0355. The molecular weight excluding hydrogens is 753 g/mol. The van der Waals surface area contributed by atoms with E-state index in [2.05, 4.69) is 53.0 Å². The second-order valence-electron chi connectivity index (χ2n) is 16.4. The van der Waals surface area contributed by atoms with Crippen molar-refractivity contribution in [3.63, 3.8) is 0 Å². The average molecular weight is 843 g/mol. The molecule has 0 fully saturated rings. The van der Waals surface area contributed by atoms with Crippen molar-refractivity contribution in [3.8, 4) is 0 Å². The first-order valence-corrected chi connectivity index (χ1v) is 23.1. The lowest BCUT2D eigenvalue weighted by molar-refractivity contribution is -0.979. The summed E-state index contributed by atoms with van der Waals surface area (Å²) in [5.74, 6) is -1.99. The van der Waals surface area contributed by atoms with Gasteiger partial charge in [0.2, 0.25) is 0 Å². The van der Waals surface area contributed by atoms with Gasteiger partial charge in [-0.1, -0.05) is 83.6 Å². The van der Waals surface area contributed by atoms with E-state index in [1.165, 1.54) is 83.5 Å². The van der Waals surface area contributed by atoms with Crippen molar-refractivity contribution in [2.75, 3.05) is 112 Å². The number of carboxylic acids is 2. The van der Waals surface area contributed by atoms with E-state index in [1.807, 2.05) is 19.1 Å². The number of aliphatic carboxylic acids is 2. The van der Waals surface area contributed by atoms with Crippen LogP contribution in [-0.2, 0) is 38.0 Å². The van der Waals surface area contributed by atoms with E-state index in [0.29, 0.717) is 37.5 Å². The molecule has 12 nitrogen and oxygen atoms in total. The predicted octanol–water partition coefficient (Wildman–Crippen LogP) is 8.48. The lowest BCUT2D eigenvalue weighted by Gasteiger charge is -2.46. The van der Waals surface area contributed by atoms with Gasteiger partial charge in [-0.25, -0.2) is 9.59 Å². The molecule has 0 radical (unpaired) electrons. The normalized spacial score (nSPS) is 15.4. The molecule has 0 aliphatic carbocycles. The van der Waals surface area contributed by atoms with Crippen molar-refractivity contribution in [2.24, 2.45) is 0 Å². The Morgan fingerprint density at radius 3 is 1.36 bits per heavy atom. The number of carbonyl (C=O) groups is 2. The Labute approximate surface area is 360 Å². The average Bonchev–Trinajstić information content (AvgIpc) is 3.18. The summed E-state index contributed by atoms with van der Waals surface area (Å²) in [5, 5.41) is 17.9. The highest BCUT2D eigenvalue weighted by Gasteiger charge is 2.37. The number of carboxylic acid groups (broad SMARTS) is 2. The molecule has 0 aromatic heterocycles. The van der Waals surface area contributed by atoms with Crippen LogP contribution in [0.4, 0.5) is 0 Å². The van der Waals surface area contributed by atoms with E-state index in [-0.39, 0.29) is 44.7 Å². The largest absolute Gasteiger partial charge is 0.480 e. The highest BCUT2D eigenvalue weighted by atomic mass is 16.5. The number of ether oxygens (including phenoxy) is 6. The molecule has 5 atom stereocenters. The van der Waals surface area contributed by atoms with E-state index >= 15 is 0 Å². The van der Waals surface area contributed by atoms with E-state index in [9.17, 15) is 9.59 Å². The van der Waals surface area contributed by atoms with Gasteiger partial charge in [0, 0.05) is 6.61 Å². The standard InChI is InChI=1S/C47H88N2O10/c1-8-12-13-14-15-16-17-18-19-20-21-22-23-24-25-26-29-48(27-9-2,38-43(5)58-36-33-55-41-46(50)51)30-31-49(28-10-3,39-44(6)57-35-32-54-11-4)40-45(7)59-37-34-56-42-47(52)53/h9-10,18-19,43-45H,2-3,8,11-17,20-42H2,1,4-7H3/p+2/b19-18+. The Morgan fingerprint density at radius 2 is 0.915 bits per heavy atom. The lowest BCUT2D eigenvalue weighted by Crippen LogP contribution is -2.62. The van der Waals surface area contributed by atoms with E-state index in [0.717, 1.165) is 63.3 Å². The molecule has 0 saturated carbocycles. The van der Waals surface area contributed by atoms with Crippen LogP contribution in [0.5, 0.6) is 0 Å². The molecule has 346 valence electrons. The van der Waals surface area contributed by atoms with Crippen molar-refractivity contribution in [2.45, 2.75) is 143 Å². The summed E-state index contributed by atoms with van der Waals surface area (Å²) in [7, 11) is 0. The number of allylic oxidation sites excluding steroid dienone is 2. The van der Waals surface area contributed by atoms with Crippen molar-refractivity contribution in [3.05, 3.63) is 37.5 Å². The second-order valence-corrected chi connectivity index (χ2v) is 16.4. The fourth-order valence-electron chi connectivity index (χ4n) is 7.90. The second kappa shape index (κ2) is 38.7.